The van der Waals surface area contributed by atoms with Crippen LogP contribution in [0.15, 0.2) is 0 Å². The zero-order valence-electron chi connectivity index (χ0n) is 11.7. The molecule has 3 nitrogen and oxygen atoms in total. The lowest BCUT2D eigenvalue weighted by Crippen LogP contribution is -2.44. The van der Waals surface area contributed by atoms with Crippen LogP contribution in [0.4, 0.5) is 0 Å². The van der Waals surface area contributed by atoms with E-state index in [9.17, 15) is 5.11 Å². The molecule has 0 bridgehead atoms. The Balaban J connectivity index is 3.66. The molecule has 0 aromatic heterocycles. The third-order valence-corrected chi connectivity index (χ3v) is 3.32. The largest absolute Gasteiger partial charge is 0.389 e. The molecular weight excluding hydrogens is 200 g/mol. The highest BCUT2D eigenvalue weighted by atomic mass is 16.3. The summed E-state index contributed by atoms with van der Waals surface area (Å²) in [5.41, 5.74) is -0.595. The number of likely N-dealkylation sites (N-methyl/N-ethyl adjacent to an activating group) is 1. The minimum absolute atomic E-state index is 0.290. The summed E-state index contributed by atoms with van der Waals surface area (Å²) in [7, 11) is 0. The zero-order valence-corrected chi connectivity index (χ0v) is 11.7. The highest BCUT2D eigenvalue weighted by Crippen LogP contribution is 2.14. The van der Waals surface area contributed by atoms with Crippen LogP contribution in [0.2, 0.25) is 0 Å². The van der Waals surface area contributed by atoms with Crippen LogP contribution < -0.4 is 5.32 Å². The van der Waals surface area contributed by atoms with Crippen LogP contribution in [0.1, 0.15) is 41.0 Å². The Morgan fingerprint density at radius 1 is 1.25 bits per heavy atom. The first-order valence-corrected chi connectivity index (χ1v) is 6.59. The maximum Gasteiger partial charge on any atom is 0.0766 e. The molecule has 0 amide bonds. The van der Waals surface area contributed by atoms with E-state index < -0.39 is 5.60 Å². The van der Waals surface area contributed by atoms with E-state index in [-0.39, 0.29) is 5.92 Å². The van der Waals surface area contributed by atoms with Crippen molar-refractivity contribution in [2.45, 2.75) is 46.6 Å². The van der Waals surface area contributed by atoms with Gasteiger partial charge in [0, 0.05) is 19.6 Å². The van der Waals surface area contributed by atoms with Crippen LogP contribution in [0, 0.1) is 5.92 Å². The number of hydrogen-bond acceptors (Lipinski definition) is 3. The Hall–Kier alpha value is -0.120. The monoisotopic (exact) mass is 230 g/mol. The normalized spacial score (nSPS) is 15.8. The summed E-state index contributed by atoms with van der Waals surface area (Å²) in [4.78, 5) is 2.43. The Kier molecular flexibility index (Phi) is 7.98. The first kappa shape index (κ1) is 15.9. The minimum Gasteiger partial charge on any atom is -0.389 e. The minimum atomic E-state index is -0.595. The molecule has 0 radical (unpaired) electrons. The lowest BCUT2D eigenvalue weighted by molar-refractivity contribution is 0.0140. The molecule has 16 heavy (non-hydrogen) atoms. The molecule has 1 unspecified atom stereocenters. The summed E-state index contributed by atoms with van der Waals surface area (Å²) >= 11 is 0. The predicted molar refractivity (Wildman–Crippen MR) is 70.7 cm³/mol. The van der Waals surface area contributed by atoms with Crippen LogP contribution in [0.25, 0.3) is 0 Å². The third kappa shape index (κ3) is 6.46. The van der Waals surface area contributed by atoms with E-state index in [2.05, 4.69) is 37.9 Å². The maximum absolute atomic E-state index is 10.0. The van der Waals surface area contributed by atoms with Crippen molar-refractivity contribution in [2.75, 3.05) is 32.7 Å². The zero-order chi connectivity index (χ0) is 12.6. The van der Waals surface area contributed by atoms with Crippen LogP contribution in [0.5, 0.6) is 0 Å². The van der Waals surface area contributed by atoms with E-state index in [4.69, 9.17) is 0 Å². The van der Waals surface area contributed by atoms with Gasteiger partial charge in [0.05, 0.1) is 5.60 Å². The van der Waals surface area contributed by atoms with E-state index in [0.29, 0.717) is 6.54 Å². The van der Waals surface area contributed by atoms with E-state index in [1.54, 1.807) is 0 Å². The first-order chi connectivity index (χ1) is 7.44. The lowest BCUT2D eigenvalue weighted by atomic mass is 9.93. The molecule has 0 aliphatic carbocycles. The molecule has 0 aliphatic rings. The van der Waals surface area contributed by atoms with Crippen molar-refractivity contribution in [3.63, 3.8) is 0 Å². The number of aliphatic hydroxyl groups is 1. The molecule has 0 spiro atoms. The summed E-state index contributed by atoms with van der Waals surface area (Å²) < 4.78 is 0. The van der Waals surface area contributed by atoms with Gasteiger partial charge in [-0.15, -0.1) is 0 Å². The van der Waals surface area contributed by atoms with Crippen LogP contribution in [-0.4, -0.2) is 48.3 Å². The van der Waals surface area contributed by atoms with Crippen LogP contribution in [0.3, 0.4) is 0 Å². The molecule has 98 valence electrons. The van der Waals surface area contributed by atoms with Crippen molar-refractivity contribution in [1.82, 2.24) is 10.2 Å². The molecule has 0 saturated heterocycles. The smallest absolute Gasteiger partial charge is 0.0766 e. The second-order valence-electron chi connectivity index (χ2n) is 5.12. The van der Waals surface area contributed by atoms with Gasteiger partial charge in [-0.3, -0.25) is 0 Å². The van der Waals surface area contributed by atoms with Crippen molar-refractivity contribution in [3.05, 3.63) is 0 Å². The predicted octanol–water partition coefficient (Wildman–Crippen LogP) is 1.71. The van der Waals surface area contributed by atoms with Crippen molar-refractivity contribution in [3.8, 4) is 0 Å². The van der Waals surface area contributed by atoms with E-state index >= 15 is 0 Å². The van der Waals surface area contributed by atoms with Gasteiger partial charge < -0.3 is 15.3 Å². The highest BCUT2D eigenvalue weighted by Gasteiger charge is 2.23. The van der Waals surface area contributed by atoms with E-state index in [1.165, 1.54) is 13.0 Å². The maximum atomic E-state index is 10.0. The van der Waals surface area contributed by atoms with Gasteiger partial charge in [0.2, 0.25) is 0 Å². The van der Waals surface area contributed by atoms with Gasteiger partial charge in [-0.2, -0.15) is 0 Å². The number of nitrogens with one attached hydrogen (secondary N) is 1. The fourth-order valence-electron chi connectivity index (χ4n) is 1.53. The van der Waals surface area contributed by atoms with Gasteiger partial charge in [-0.05, 0) is 32.4 Å². The molecule has 0 fully saturated rings. The molecule has 0 aromatic rings. The van der Waals surface area contributed by atoms with Crippen molar-refractivity contribution in [2.24, 2.45) is 5.92 Å². The molecule has 0 saturated carbocycles. The van der Waals surface area contributed by atoms with Crippen LogP contribution >= 0.6 is 0 Å². The summed E-state index contributed by atoms with van der Waals surface area (Å²) in [5, 5.41) is 13.4. The fraction of sp³-hybridized carbons (Fsp3) is 1.00. The molecule has 0 heterocycles. The molecule has 0 aliphatic heterocycles. The second kappa shape index (κ2) is 8.04. The summed E-state index contributed by atoms with van der Waals surface area (Å²) in [6, 6.07) is 0. The number of hydrogen-bond donors (Lipinski definition) is 2. The Morgan fingerprint density at radius 3 is 2.31 bits per heavy atom. The van der Waals surface area contributed by atoms with E-state index in [0.717, 1.165) is 19.6 Å². The van der Waals surface area contributed by atoms with Crippen molar-refractivity contribution < 1.29 is 5.11 Å². The number of rotatable bonds is 9. The molecule has 2 N–H and O–H groups in total. The van der Waals surface area contributed by atoms with Crippen molar-refractivity contribution in [1.29, 1.82) is 0 Å². The standard InChI is InChI=1S/C13H30N2O/c1-6-9-15(7-2)10-8-14-11-13(5,16)12(3)4/h12,14,16H,6-11H2,1-5H3. The summed E-state index contributed by atoms with van der Waals surface area (Å²) in [6.45, 7) is 15.4. The Bertz CT molecular complexity index is 169. The van der Waals surface area contributed by atoms with Crippen molar-refractivity contribution >= 4 is 0 Å². The summed E-state index contributed by atoms with van der Waals surface area (Å²) in [5.74, 6) is 0.290. The average molecular weight is 230 g/mol. The molecule has 0 rings (SSSR count). The van der Waals surface area contributed by atoms with Gasteiger partial charge >= 0.3 is 0 Å². The average Bonchev–Trinajstić information content (AvgIpc) is 2.22. The van der Waals surface area contributed by atoms with Crippen LogP contribution in [-0.2, 0) is 0 Å². The molecule has 3 heteroatoms. The molecular formula is C13H30N2O. The van der Waals surface area contributed by atoms with Gasteiger partial charge in [-0.1, -0.05) is 27.7 Å². The topological polar surface area (TPSA) is 35.5 Å². The van der Waals surface area contributed by atoms with Gasteiger partial charge in [-0.25, -0.2) is 0 Å². The SMILES string of the molecule is CCCN(CC)CCNCC(C)(O)C(C)C. The quantitative estimate of drug-likeness (QED) is 0.592. The highest BCUT2D eigenvalue weighted by molar-refractivity contribution is 4.78. The second-order valence-corrected chi connectivity index (χ2v) is 5.12. The lowest BCUT2D eigenvalue weighted by Gasteiger charge is -2.28. The summed E-state index contributed by atoms with van der Waals surface area (Å²) in [6.07, 6.45) is 1.21. The first-order valence-electron chi connectivity index (χ1n) is 6.59. The Labute approximate surface area is 101 Å². The number of nitrogens with zero attached hydrogens (tertiary/aromatic N) is 1. The molecule has 1 atom stereocenters. The Morgan fingerprint density at radius 2 is 1.88 bits per heavy atom. The van der Waals surface area contributed by atoms with Gasteiger partial charge in [0.15, 0.2) is 0 Å². The van der Waals surface area contributed by atoms with Gasteiger partial charge in [0.25, 0.3) is 0 Å². The molecule has 0 aromatic carbocycles. The van der Waals surface area contributed by atoms with E-state index in [1.807, 2.05) is 6.92 Å². The third-order valence-electron chi connectivity index (χ3n) is 3.32. The van der Waals surface area contributed by atoms with Gasteiger partial charge in [0.1, 0.15) is 0 Å². The fourth-order valence-corrected chi connectivity index (χ4v) is 1.53.